The van der Waals surface area contributed by atoms with Gasteiger partial charge in [-0.2, -0.15) is 5.26 Å². The van der Waals surface area contributed by atoms with Gasteiger partial charge in [0.2, 0.25) is 0 Å². The quantitative estimate of drug-likeness (QED) is 0.788. The number of benzene rings is 2. The Morgan fingerprint density at radius 3 is 2.83 bits per heavy atom. The van der Waals surface area contributed by atoms with E-state index >= 15 is 0 Å². The average molecular weight is 342 g/mol. The number of methoxy groups -OCH3 is 1. The van der Waals surface area contributed by atoms with E-state index < -0.39 is 0 Å². The molecule has 3 aromatic rings. The van der Waals surface area contributed by atoms with E-state index in [9.17, 15) is 4.79 Å². The fourth-order valence-corrected chi connectivity index (χ4v) is 2.40. The maximum absolute atomic E-state index is 12.1. The zero-order chi connectivity index (χ0) is 17.1. The van der Waals surface area contributed by atoms with Gasteiger partial charge in [0.15, 0.2) is 11.5 Å². The van der Waals surface area contributed by atoms with Crippen LogP contribution in [0.2, 0.25) is 5.02 Å². The first-order chi connectivity index (χ1) is 11.6. The molecule has 24 heavy (non-hydrogen) atoms. The lowest BCUT2D eigenvalue weighted by atomic mass is 10.2. The normalized spacial score (nSPS) is 10.4. The summed E-state index contributed by atoms with van der Waals surface area (Å²) in [6, 6.07) is 11.8. The van der Waals surface area contributed by atoms with Gasteiger partial charge >= 0.3 is 0 Å². The van der Waals surface area contributed by atoms with Crippen LogP contribution in [0, 0.1) is 11.3 Å². The van der Waals surface area contributed by atoms with Gasteiger partial charge < -0.3 is 14.5 Å². The van der Waals surface area contributed by atoms with Crippen molar-refractivity contribution >= 4 is 22.5 Å². The van der Waals surface area contributed by atoms with Crippen molar-refractivity contribution in [3.05, 3.63) is 63.2 Å². The average Bonchev–Trinajstić information content (AvgIpc) is 2.60. The monoisotopic (exact) mass is 341 g/mol. The van der Waals surface area contributed by atoms with Crippen molar-refractivity contribution in [3.8, 4) is 17.6 Å². The van der Waals surface area contributed by atoms with Crippen molar-refractivity contribution < 1.29 is 9.47 Å². The van der Waals surface area contributed by atoms with Crippen LogP contribution >= 0.6 is 11.6 Å². The summed E-state index contributed by atoms with van der Waals surface area (Å²) in [6.07, 6.45) is 0. The molecule has 1 N–H and O–H groups in total. The van der Waals surface area contributed by atoms with Crippen molar-refractivity contribution in [2.24, 2.45) is 0 Å². The largest absolute Gasteiger partial charge is 0.493 e. The number of nitrogens with zero attached hydrogens (tertiary/aromatic N) is 2. The molecule has 0 aliphatic rings. The first kappa shape index (κ1) is 15.8. The van der Waals surface area contributed by atoms with Crippen molar-refractivity contribution in [1.29, 1.82) is 5.26 Å². The van der Waals surface area contributed by atoms with Gasteiger partial charge in [-0.1, -0.05) is 11.6 Å². The van der Waals surface area contributed by atoms with Crippen LogP contribution in [0.1, 0.15) is 11.4 Å². The molecule has 0 radical (unpaired) electrons. The third-order valence-electron chi connectivity index (χ3n) is 3.37. The minimum absolute atomic E-state index is 0.0517. The summed E-state index contributed by atoms with van der Waals surface area (Å²) >= 11 is 5.89. The molecule has 2 aromatic carbocycles. The van der Waals surface area contributed by atoms with Crippen LogP contribution in [0.25, 0.3) is 10.9 Å². The lowest BCUT2D eigenvalue weighted by Gasteiger charge is -2.10. The van der Waals surface area contributed by atoms with Crippen LogP contribution in [-0.4, -0.2) is 17.1 Å². The van der Waals surface area contributed by atoms with Crippen LogP contribution in [-0.2, 0) is 6.61 Å². The van der Waals surface area contributed by atoms with Crippen LogP contribution in [0.3, 0.4) is 0 Å². The maximum Gasteiger partial charge on any atom is 0.258 e. The van der Waals surface area contributed by atoms with Crippen molar-refractivity contribution in [2.75, 3.05) is 7.11 Å². The lowest BCUT2D eigenvalue weighted by Crippen LogP contribution is -2.13. The Morgan fingerprint density at radius 1 is 1.25 bits per heavy atom. The molecule has 1 heterocycles. The van der Waals surface area contributed by atoms with E-state index in [1.165, 1.54) is 7.11 Å². The van der Waals surface area contributed by atoms with E-state index in [4.69, 9.17) is 26.3 Å². The van der Waals surface area contributed by atoms with Gasteiger partial charge in [0.25, 0.3) is 5.56 Å². The van der Waals surface area contributed by atoms with E-state index in [0.29, 0.717) is 38.8 Å². The highest BCUT2D eigenvalue weighted by Crippen LogP contribution is 2.28. The first-order valence-electron chi connectivity index (χ1n) is 7.00. The third-order valence-corrected chi connectivity index (χ3v) is 3.61. The number of H-pyrrole nitrogens is 1. The van der Waals surface area contributed by atoms with Gasteiger partial charge in [0.1, 0.15) is 12.4 Å². The van der Waals surface area contributed by atoms with Crippen LogP contribution in [0.15, 0.2) is 41.2 Å². The number of hydrogen-bond acceptors (Lipinski definition) is 5. The second-order valence-electron chi connectivity index (χ2n) is 4.94. The highest BCUT2D eigenvalue weighted by molar-refractivity contribution is 6.31. The Morgan fingerprint density at radius 2 is 2.08 bits per heavy atom. The number of aromatic amines is 1. The number of halogens is 1. The number of aromatic nitrogens is 2. The van der Waals surface area contributed by atoms with E-state index in [-0.39, 0.29) is 12.2 Å². The minimum Gasteiger partial charge on any atom is -0.493 e. The molecule has 120 valence electrons. The van der Waals surface area contributed by atoms with Crippen molar-refractivity contribution in [3.63, 3.8) is 0 Å². The number of nitriles is 1. The molecule has 0 saturated carbocycles. The Hall–Kier alpha value is -3.04. The summed E-state index contributed by atoms with van der Waals surface area (Å²) in [7, 11) is 1.49. The molecular weight excluding hydrogens is 330 g/mol. The van der Waals surface area contributed by atoms with Gasteiger partial charge in [0.05, 0.1) is 29.6 Å². The van der Waals surface area contributed by atoms with Crippen LogP contribution in [0.5, 0.6) is 11.5 Å². The lowest BCUT2D eigenvalue weighted by molar-refractivity contribution is 0.276. The molecule has 0 amide bonds. The number of fused-ring (bicyclic) bond motifs is 1. The number of ether oxygens (including phenoxy) is 2. The number of rotatable bonds is 4. The maximum atomic E-state index is 12.1. The molecule has 0 fully saturated rings. The third kappa shape index (κ3) is 3.16. The highest BCUT2D eigenvalue weighted by Gasteiger charge is 2.09. The SMILES string of the molecule is COc1cc(C#N)ccc1OCc1nc2ccc(Cl)cc2c(=O)[nH]1. The van der Waals surface area contributed by atoms with E-state index in [0.717, 1.165) is 0 Å². The molecule has 7 heteroatoms. The fourth-order valence-electron chi connectivity index (χ4n) is 2.23. The minimum atomic E-state index is -0.284. The summed E-state index contributed by atoms with van der Waals surface area (Å²) in [5, 5.41) is 9.79. The van der Waals surface area contributed by atoms with Crippen molar-refractivity contribution in [1.82, 2.24) is 9.97 Å². The Balaban J connectivity index is 1.87. The Bertz CT molecular complexity index is 1010. The molecule has 1 aromatic heterocycles. The zero-order valence-corrected chi connectivity index (χ0v) is 13.4. The van der Waals surface area contributed by atoms with E-state index in [1.807, 2.05) is 6.07 Å². The molecule has 0 spiro atoms. The summed E-state index contributed by atoms with van der Waals surface area (Å²) < 4.78 is 10.8. The van der Waals surface area contributed by atoms with E-state index in [2.05, 4.69) is 9.97 Å². The molecule has 0 aliphatic carbocycles. The van der Waals surface area contributed by atoms with Gasteiger partial charge in [0, 0.05) is 11.1 Å². The van der Waals surface area contributed by atoms with Crippen LogP contribution < -0.4 is 15.0 Å². The molecule has 6 nitrogen and oxygen atoms in total. The second-order valence-corrected chi connectivity index (χ2v) is 5.38. The Labute approximate surface area is 142 Å². The summed E-state index contributed by atoms with van der Waals surface area (Å²) in [4.78, 5) is 19.1. The van der Waals surface area contributed by atoms with Gasteiger partial charge in [-0.05, 0) is 30.3 Å². The topological polar surface area (TPSA) is 88.0 Å². The molecule has 0 saturated heterocycles. The standard InChI is InChI=1S/C17H12ClN3O3/c1-23-15-6-10(8-19)2-5-14(15)24-9-16-20-13-4-3-11(18)7-12(13)17(22)21-16/h2-7H,9H2,1H3,(H,20,21,22). The zero-order valence-electron chi connectivity index (χ0n) is 12.7. The number of hydrogen-bond donors (Lipinski definition) is 1. The Kier molecular flexibility index (Phi) is 4.36. The summed E-state index contributed by atoms with van der Waals surface area (Å²) in [5.74, 6) is 1.26. The molecule has 0 bridgehead atoms. The smallest absolute Gasteiger partial charge is 0.258 e. The highest BCUT2D eigenvalue weighted by atomic mass is 35.5. The fraction of sp³-hybridized carbons (Fsp3) is 0.118. The van der Waals surface area contributed by atoms with E-state index in [1.54, 1.807) is 36.4 Å². The van der Waals surface area contributed by atoms with Crippen LogP contribution in [0.4, 0.5) is 0 Å². The van der Waals surface area contributed by atoms with Crippen molar-refractivity contribution in [2.45, 2.75) is 6.61 Å². The summed E-state index contributed by atoms with van der Waals surface area (Å²) in [5.41, 5.74) is 0.717. The predicted octanol–water partition coefficient (Wildman–Crippen LogP) is 3.04. The predicted molar refractivity (Wildman–Crippen MR) is 89.4 cm³/mol. The number of nitrogens with one attached hydrogen (secondary N) is 1. The van der Waals surface area contributed by atoms with Gasteiger partial charge in [-0.15, -0.1) is 0 Å². The molecular formula is C17H12ClN3O3. The summed E-state index contributed by atoms with van der Waals surface area (Å²) in [6.45, 7) is 0.0517. The molecule has 0 unspecified atom stereocenters. The second kappa shape index (κ2) is 6.60. The van der Waals surface area contributed by atoms with Gasteiger partial charge in [-0.25, -0.2) is 4.98 Å². The first-order valence-corrected chi connectivity index (χ1v) is 7.38. The van der Waals surface area contributed by atoms with Gasteiger partial charge in [-0.3, -0.25) is 4.79 Å². The molecule has 0 aliphatic heterocycles. The molecule has 3 rings (SSSR count). The molecule has 0 atom stereocenters.